The van der Waals surface area contributed by atoms with Crippen LogP contribution in [0.25, 0.3) is 6.08 Å². The molecule has 0 bridgehead atoms. The predicted octanol–water partition coefficient (Wildman–Crippen LogP) is 4.46. The summed E-state index contributed by atoms with van der Waals surface area (Å²) in [6, 6.07) is 15.9. The first kappa shape index (κ1) is 27.4. The van der Waals surface area contributed by atoms with Crippen LogP contribution in [-0.4, -0.2) is 44.6 Å². The van der Waals surface area contributed by atoms with Crippen LogP contribution in [0.1, 0.15) is 11.1 Å². The maximum absolute atomic E-state index is 13.2. The minimum Gasteiger partial charge on any atom is -0.497 e. The molecule has 10 nitrogen and oxygen atoms in total. The van der Waals surface area contributed by atoms with Gasteiger partial charge in [0.15, 0.2) is 18.1 Å². The Hall–Kier alpha value is -4.64. The number of benzene rings is 3. The van der Waals surface area contributed by atoms with Gasteiger partial charge in [0.05, 0.1) is 24.4 Å². The van der Waals surface area contributed by atoms with E-state index < -0.39 is 17.8 Å². The highest BCUT2D eigenvalue weighted by Gasteiger charge is 2.37. The number of urea groups is 1. The number of amides is 5. The monoisotopic (exact) mass is 593 g/mol. The number of aryl methyl sites for hydroxylation is 1. The van der Waals surface area contributed by atoms with Crippen molar-refractivity contribution < 1.29 is 33.4 Å². The lowest BCUT2D eigenvalue weighted by atomic mass is 10.1. The molecule has 2 N–H and O–H groups in total. The molecule has 0 aliphatic carbocycles. The molecule has 5 amide bonds. The number of ether oxygens (including phenoxy) is 3. The minimum absolute atomic E-state index is 0.256. The van der Waals surface area contributed by atoms with E-state index in [-0.39, 0.29) is 35.3 Å². The van der Waals surface area contributed by atoms with Gasteiger partial charge in [-0.1, -0.05) is 12.1 Å². The van der Waals surface area contributed by atoms with Crippen molar-refractivity contribution in [1.82, 2.24) is 5.32 Å². The Labute approximate surface area is 232 Å². The molecule has 11 heteroatoms. The van der Waals surface area contributed by atoms with Gasteiger partial charge in [-0.15, -0.1) is 0 Å². The van der Waals surface area contributed by atoms with Gasteiger partial charge < -0.3 is 19.5 Å². The summed E-state index contributed by atoms with van der Waals surface area (Å²) in [5.74, 6) is -0.939. The zero-order chi connectivity index (χ0) is 28.1. The van der Waals surface area contributed by atoms with E-state index in [2.05, 4.69) is 26.6 Å². The average molecular weight is 594 g/mol. The zero-order valence-corrected chi connectivity index (χ0v) is 22.8. The standard InChI is InChI=1S/C28H24BrN3O7/c1-16-5-4-6-18(11-16)30-24(33)15-39-25-22(29)13-17(14-23(25)38-3)12-21-26(34)31-28(36)32(27(21)35)19-7-9-20(37-2)10-8-19/h4-14H,15H2,1-3H3,(H,30,33)(H,31,34,36)/b21-12+. The molecule has 3 aromatic rings. The Bertz CT molecular complexity index is 1480. The normalized spacial score (nSPS) is 14.2. The van der Waals surface area contributed by atoms with E-state index in [1.54, 1.807) is 30.3 Å². The van der Waals surface area contributed by atoms with E-state index in [9.17, 15) is 19.2 Å². The second kappa shape index (κ2) is 11.8. The third-order valence-electron chi connectivity index (χ3n) is 5.64. The molecule has 1 aliphatic heterocycles. The van der Waals surface area contributed by atoms with Crippen molar-refractivity contribution in [2.24, 2.45) is 0 Å². The molecule has 0 aromatic heterocycles. The van der Waals surface area contributed by atoms with Crippen molar-refractivity contribution in [3.05, 3.63) is 81.8 Å². The number of carbonyl (C=O) groups excluding carboxylic acids is 4. The van der Waals surface area contributed by atoms with Gasteiger partial charge in [0.1, 0.15) is 11.3 Å². The number of anilines is 2. The zero-order valence-electron chi connectivity index (χ0n) is 21.2. The topological polar surface area (TPSA) is 123 Å². The van der Waals surface area contributed by atoms with Gasteiger partial charge in [0.2, 0.25) is 0 Å². The van der Waals surface area contributed by atoms with E-state index in [1.807, 2.05) is 25.1 Å². The molecule has 3 aromatic carbocycles. The summed E-state index contributed by atoms with van der Waals surface area (Å²) in [5, 5.41) is 4.95. The first-order valence-corrected chi connectivity index (χ1v) is 12.4. The fourth-order valence-corrected chi connectivity index (χ4v) is 4.38. The van der Waals surface area contributed by atoms with E-state index in [4.69, 9.17) is 14.2 Å². The van der Waals surface area contributed by atoms with E-state index >= 15 is 0 Å². The van der Waals surface area contributed by atoms with Crippen molar-refractivity contribution in [1.29, 1.82) is 0 Å². The van der Waals surface area contributed by atoms with Crippen molar-refractivity contribution in [2.45, 2.75) is 6.92 Å². The molecule has 1 aliphatic rings. The summed E-state index contributed by atoms with van der Waals surface area (Å²) in [7, 11) is 2.91. The molecular formula is C28H24BrN3O7. The second-order valence-electron chi connectivity index (χ2n) is 8.40. The summed E-state index contributed by atoms with van der Waals surface area (Å²) in [6.07, 6.45) is 1.34. The summed E-state index contributed by atoms with van der Waals surface area (Å²) < 4.78 is 16.7. The average Bonchev–Trinajstić information content (AvgIpc) is 2.90. The van der Waals surface area contributed by atoms with Crippen LogP contribution >= 0.6 is 15.9 Å². The van der Waals surface area contributed by atoms with Crippen molar-refractivity contribution >= 4 is 57.1 Å². The third-order valence-corrected chi connectivity index (χ3v) is 6.23. The van der Waals surface area contributed by atoms with Crippen molar-refractivity contribution in [3.63, 3.8) is 0 Å². The SMILES string of the molecule is COc1ccc(N2C(=O)NC(=O)/C(=C\c3cc(Br)c(OCC(=O)Nc4cccc(C)c4)c(OC)c3)C2=O)cc1. The number of hydrogen-bond donors (Lipinski definition) is 2. The molecule has 4 rings (SSSR count). The molecule has 0 radical (unpaired) electrons. The highest BCUT2D eigenvalue weighted by molar-refractivity contribution is 9.10. The van der Waals surface area contributed by atoms with Crippen LogP contribution in [0.5, 0.6) is 17.2 Å². The van der Waals surface area contributed by atoms with Gasteiger partial charge in [-0.25, -0.2) is 9.69 Å². The van der Waals surface area contributed by atoms with Gasteiger partial charge in [0, 0.05) is 5.69 Å². The number of halogens is 1. The maximum Gasteiger partial charge on any atom is 0.335 e. The molecule has 200 valence electrons. The van der Waals surface area contributed by atoms with E-state index in [1.165, 1.54) is 32.4 Å². The lowest BCUT2D eigenvalue weighted by Crippen LogP contribution is -2.54. The van der Waals surface area contributed by atoms with Crippen LogP contribution < -0.4 is 29.7 Å². The fraction of sp³-hybridized carbons (Fsp3) is 0.143. The Balaban J connectivity index is 1.55. The van der Waals surface area contributed by atoms with Crippen LogP contribution in [0.2, 0.25) is 0 Å². The third kappa shape index (κ3) is 6.27. The first-order valence-electron chi connectivity index (χ1n) is 11.6. The number of nitrogens with zero attached hydrogens (tertiary/aromatic N) is 1. The molecule has 0 saturated carbocycles. The molecular weight excluding hydrogens is 570 g/mol. The highest BCUT2D eigenvalue weighted by atomic mass is 79.9. The molecule has 1 saturated heterocycles. The van der Waals surface area contributed by atoms with Crippen LogP contribution in [-0.2, 0) is 14.4 Å². The second-order valence-corrected chi connectivity index (χ2v) is 9.25. The quantitative estimate of drug-likeness (QED) is 0.292. The number of imide groups is 2. The van der Waals surface area contributed by atoms with Crippen molar-refractivity contribution in [3.8, 4) is 17.2 Å². The predicted molar refractivity (Wildman–Crippen MR) is 148 cm³/mol. The van der Waals surface area contributed by atoms with Crippen LogP contribution in [0, 0.1) is 6.92 Å². The van der Waals surface area contributed by atoms with Crippen molar-refractivity contribution in [2.75, 3.05) is 31.0 Å². The van der Waals surface area contributed by atoms with Crippen LogP contribution in [0.4, 0.5) is 16.2 Å². The summed E-state index contributed by atoms with van der Waals surface area (Å²) >= 11 is 3.40. The number of barbiturate groups is 1. The van der Waals surface area contributed by atoms with Gasteiger partial charge in [-0.05, 0) is 88.6 Å². The van der Waals surface area contributed by atoms with Crippen LogP contribution in [0.3, 0.4) is 0 Å². The molecule has 1 fully saturated rings. The number of rotatable bonds is 8. The molecule has 39 heavy (non-hydrogen) atoms. The Kier molecular flexibility index (Phi) is 8.30. The lowest BCUT2D eigenvalue weighted by Gasteiger charge is -2.26. The number of nitrogens with one attached hydrogen (secondary N) is 2. The Morgan fingerprint density at radius 1 is 1.03 bits per heavy atom. The van der Waals surface area contributed by atoms with Crippen LogP contribution in [0.15, 0.2) is 70.7 Å². The maximum atomic E-state index is 13.2. The van der Waals surface area contributed by atoms with E-state index in [0.29, 0.717) is 21.5 Å². The molecule has 0 spiro atoms. The number of carbonyl (C=O) groups is 4. The van der Waals surface area contributed by atoms with Gasteiger partial charge in [-0.3, -0.25) is 19.7 Å². The Morgan fingerprint density at radius 2 is 1.77 bits per heavy atom. The number of methoxy groups -OCH3 is 2. The largest absolute Gasteiger partial charge is 0.497 e. The minimum atomic E-state index is -0.862. The smallest absolute Gasteiger partial charge is 0.335 e. The van der Waals surface area contributed by atoms with Gasteiger partial charge >= 0.3 is 6.03 Å². The lowest BCUT2D eigenvalue weighted by molar-refractivity contribution is -0.122. The van der Waals surface area contributed by atoms with Gasteiger partial charge in [0.25, 0.3) is 17.7 Å². The fourth-order valence-electron chi connectivity index (χ4n) is 3.81. The first-order chi connectivity index (χ1) is 18.7. The molecule has 1 heterocycles. The number of hydrogen-bond acceptors (Lipinski definition) is 7. The van der Waals surface area contributed by atoms with E-state index in [0.717, 1.165) is 10.5 Å². The highest BCUT2D eigenvalue weighted by Crippen LogP contribution is 2.37. The Morgan fingerprint density at radius 3 is 2.44 bits per heavy atom. The molecule has 0 atom stereocenters. The summed E-state index contributed by atoms with van der Waals surface area (Å²) in [5.41, 5.74) is 2.07. The molecule has 0 unspecified atom stereocenters. The summed E-state index contributed by atoms with van der Waals surface area (Å²) in [6.45, 7) is 1.63. The summed E-state index contributed by atoms with van der Waals surface area (Å²) in [4.78, 5) is 51.5. The van der Waals surface area contributed by atoms with Gasteiger partial charge in [-0.2, -0.15) is 0 Å².